The van der Waals surface area contributed by atoms with Crippen LogP contribution in [-0.2, 0) is 16.6 Å². The van der Waals surface area contributed by atoms with Crippen molar-refractivity contribution in [2.24, 2.45) is 0 Å². The molecule has 116 valence electrons. The van der Waals surface area contributed by atoms with Crippen LogP contribution in [-0.4, -0.2) is 17.1 Å². The van der Waals surface area contributed by atoms with Crippen LogP contribution in [0.4, 0.5) is 0 Å². The summed E-state index contributed by atoms with van der Waals surface area (Å²) in [7, 11) is 4.14. The van der Waals surface area contributed by atoms with E-state index in [0.717, 1.165) is 16.4 Å². The Balaban J connectivity index is 1.66. The topological polar surface area (TPSA) is 26.3 Å². The summed E-state index contributed by atoms with van der Waals surface area (Å²) in [5, 5.41) is 2.01. The Hall–Kier alpha value is -1.17. The largest absolute Gasteiger partial charge is 0.497 e. The Kier molecular flexibility index (Phi) is 7.63. The molecule has 2 rings (SSSR count). The van der Waals surface area contributed by atoms with Crippen LogP contribution in [0.1, 0.15) is 5.56 Å². The third-order valence-corrected chi connectivity index (χ3v) is 6.14. The molecule has 0 bridgehead atoms. The van der Waals surface area contributed by atoms with Crippen molar-refractivity contribution in [2.45, 2.75) is 10.6 Å². The summed E-state index contributed by atoms with van der Waals surface area (Å²) in [5.41, 5.74) is 1.26. The molecule has 0 saturated carbocycles. The zero-order chi connectivity index (χ0) is 15.6. The molecule has 2 nitrogen and oxygen atoms in total. The van der Waals surface area contributed by atoms with Crippen molar-refractivity contribution in [1.82, 2.24) is 0 Å². The van der Waals surface area contributed by atoms with E-state index >= 15 is 0 Å². The Morgan fingerprint density at radius 3 is 2.50 bits per heavy atom. The van der Waals surface area contributed by atoms with Crippen molar-refractivity contribution in [1.29, 1.82) is 0 Å². The quantitative estimate of drug-likeness (QED) is 0.500. The predicted molar refractivity (Wildman–Crippen MR) is 98.7 cm³/mol. The van der Waals surface area contributed by atoms with E-state index in [4.69, 9.17) is 4.74 Å². The van der Waals surface area contributed by atoms with E-state index in [1.807, 2.05) is 53.9 Å². The fourth-order valence-electron chi connectivity index (χ4n) is 1.70. The van der Waals surface area contributed by atoms with Gasteiger partial charge in [0.2, 0.25) is 0 Å². The van der Waals surface area contributed by atoms with Gasteiger partial charge in [-0.25, -0.2) is 0 Å². The minimum Gasteiger partial charge on any atom is -0.497 e. The fourth-order valence-corrected chi connectivity index (χ4v) is 4.48. The summed E-state index contributed by atoms with van der Waals surface area (Å²) in [4.78, 5) is 0.878. The smallest absolute Gasteiger partial charge is 0.118 e. The monoisotopic (exact) mass is 350 g/mol. The fraction of sp³-hybridized carbons (Fsp3) is 0.176. The summed E-state index contributed by atoms with van der Waals surface area (Å²) in [6, 6.07) is 17.6. The second-order valence-corrected chi connectivity index (χ2v) is 8.17. The number of ether oxygens (including phenoxy) is 1. The standard InChI is InChI=1S/C17H18O2S3/c1-19-16-10-8-15(9-11-16)14-21-20-12-5-13-22(18)17-6-3-2-4-7-17/h2-12H,13-14H2,1H3/b12-5-. The van der Waals surface area contributed by atoms with Crippen molar-refractivity contribution in [3.63, 3.8) is 0 Å². The molecule has 0 amide bonds. The van der Waals surface area contributed by atoms with Gasteiger partial charge in [0.25, 0.3) is 0 Å². The molecule has 0 fully saturated rings. The molecule has 0 aliphatic rings. The van der Waals surface area contributed by atoms with Crippen molar-refractivity contribution >= 4 is 32.4 Å². The number of methoxy groups -OCH3 is 1. The Morgan fingerprint density at radius 1 is 1.09 bits per heavy atom. The van der Waals surface area contributed by atoms with Gasteiger partial charge in [0.05, 0.1) is 17.9 Å². The van der Waals surface area contributed by atoms with E-state index < -0.39 is 10.8 Å². The summed E-state index contributed by atoms with van der Waals surface area (Å²) < 4.78 is 17.1. The maximum absolute atomic E-state index is 12.0. The molecular formula is C17H18O2S3. The second kappa shape index (κ2) is 9.77. The maximum Gasteiger partial charge on any atom is 0.118 e. The first-order valence-corrected chi connectivity index (χ1v) is 10.5. The Bertz CT molecular complexity index is 610. The van der Waals surface area contributed by atoms with Crippen molar-refractivity contribution in [3.05, 3.63) is 71.6 Å². The van der Waals surface area contributed by atoms with Crippen LogP contribution >= 0.6 is 21.6 Å². The van der Waals surface area contributed by atoms with Crippen molar-refractivity contribution < 1.29 is 8.95 Å². The minimum atomic E-state index is -0.952. The third-order valence-electron chi connectivity index (χ3n) is 2.86. The SMILES string of the molecule is COc1ccc(CSS/C=C\CS(=O)c2ccccc2)cc1. The molecule has 0 radical (unpaired) electrons. The van der Waals surface area contributed by atoms with Gasteiger partial charge < -0.3 is 4.74 Å². The first-order chi connectivity index (χ1) is 10.8. The molecule has 0 spiro atoms. The summed E-state index contributed by atoms with van der Waals surface area (Å²) >= 11 is 0. The highest BCUT2D eigenvalue weighted by molar-refractivity contribution is 8.77. The van der Waals surface area contributed by atoms with Crippen LogP contribution in [0.15, 0.2) is 71.0 Å². The molecule has 5 heteroatoms. The van der Waals surface area contributed by atoms with Gasteiger partial charge in [-0.1, -0.05) is 58.0 Å². The first-order valence-electron chi connectivity index (χ1n) is 6.79. The van der Waals surface area contributed by atoms with Gasteiger partial charge in [-0.05, 0) is 35.2 Å². The lowest BCUT2D eigenvalue weighted by Crippen LogP contribution is -1.93. The van der Waals surface area contributed by atoms with Crippen LogP contribution in [0.25, 0.3) is 0 Å². The molecule has 22 heavy (non-hydrogen) atoms. The van der Waals surface area contributed by atoms with Gasteiger partial charge in [0.1, 0.15) is 5.75 Å². The van der Waals surface area contributed by atoms with Crippen LogP contribution in [0.5, 0.6) is 5.75 Å². The zero-order valence-electron chi connectivity index (χ0n) is 12.3. The van der Waals surface area contributed by atoms with Crippen LogP contribution in [0.3, 0.4) is 0 Å². The van der Waals surface area contributed by atoms with Gasteiger partial charge in [-0.2, -0.15) is 0 Å². The molecule has 0 aromatic heterocycles. The Morgan fingerprint density at radius 2 is 1.82 bits per heavy atom. The van der Waals surface area contributed by atoms with Gasteiger partial charge in [-0.3, -0.25) is 4.21 Å². The highest BCUT2D eigenvalue weighted by atomic mass is 33.1. The van der Waals surface area contributed by atoms with Crippen molar-refractivity contribution in [3.8, 4) is 5.75 Å². The van der Waals surface area contributed by atoms with E-state index in [1.165, 1.54) is 5.56 Å². The first kappa shape index (κ1) is 17.2. The molecule has 1 atom stereocenters. The second-order valence-electron chi connectivity index (χ2n) is 4.40. The van der Waals surface area contributed by atoms with Gasteiger partial charge in [-0.15, -0.1) is 0 Å². The van der Waals surface area contributed by atoms with E-state index in [0.29, 0.717) is 5.75 Å². The summed E-state index contributed by atoms with van der Waals surface area (Å²) in [6.45, 7) is 0. The van der Waals surface area contributed by atoms with Gasteiger partial charge in [0.15, 0.2) is 0 Å². The van der Waals surface area contributed by atoms with Crippen molar-refractivity contribution in [2.75, 3.05) is 12.9 Å². The van der Waals surface area contributed by atoms with Gasteiger partial charge >= 0.3 is 0 Å². The number of rotatable bonds is 8. The lowest BCUT2D eigenvalue weighted by molar-refractivity contribution is 0.414. The van der Waals surface area contributed by atoms with E-state index in [1.54, 1.807) is 28.7 Å². The Labute approximate surface area is 142 Å². The molecule has 0 aliphatic carbocycles. The lowest BCUT2D eigenvalue weighted by Gasteiger charge is -2.02. The maximum atomic E-state index is 12.0. The molecule has 0 aliphatic heterocycles. The lowest BCUT2D eigenvalue weighted by atomic mass is 10.2. The molecule has 0 saturated heterocycles. The number of benzene rings is 2. The zero-order valence-corrected chi connectivity index (χ0v) is 14.8. The average Bonchev–Trinajstić information content (AvgIpc) is 2.59. The van der Waals surface area contributed by atoms with Crippen LogP contribution in [0, 0.1) is 0 Å². The summed E-state index contributed by atoms with van der Waals surface area (Å²) in [5.74, 6) is 2.37. The molecule has 0 N–H and O–H groups in total. The normalized spacial score (nSPS) is 12.4. The van der Waals surface area contributed by atoms with Gasteiger partial charge in [0, 0.05) is 16.4 Å². The molecule has 2 aromatic carbocycles. The van der Waals surface area contributed by atoms with E-state index in [9.17, 15) is 4.21 Å². The molecule has 2 aromatic rings. The highest BCUT2D eigenvalue weighted by Crippen LogP contribution is 2.27. The minimum absolute atomic E-state index is 0.556. The molecule has 0 heterocycles. The third kappa shape index (κ3) is 5.91. The van der Waals surface area contributed by atoms with Crippen LogP contribution < -0.4 is 4.74 Å². The predicted octanol–water partition coefficient (Wildman–Crippen LogP) is 4.90. The number of hydrogen-bond acceptors (Lipinski definition) is 4. The van der Waals surface area contributed by atoms with E-state index in [2.05, 4.69) is 12.1 Å². The number of hydrogen-bond donors (Lipinski definition) is 0. The highest BCUT2D eigenvalue weighted by Gasteiger charge is 1.99. The van der Waals surface area contributed by atoms with E-state index in [-0.39, 0.29) is 0 Å². The molecule has 1 unspecified atom stereocenters. The van der Waals surface area contributed by atoms with Crippen LogP contribution in [0.2, 0.25) is 0 Å². The molecular weight excluding hydrogens is 332 g/mol. The summed E-state index contributed by atoms with van der Waals surface area (Å²) in [6.07, 6.45) is 1.97. The average molecular weight is 351 g/mol.